The number of aryl methyl sites for hydroxylation is 2. The summed E-state index contributed by atoms with van der Waals surface area (Å²) in [7, 11) is 0. The van der Waals surface area contributed by atoms with Gasteiger partial charge >= 0.3 is 0 Å². The maximum Gasteiger partial charge on any atom is 0.170 e. The largest absolute Gasteiger partial charge is 0.352 e. The summed E-state index contributed by atoms with van der Waals surface area (Å²) >= 11 is 5.66. The lowest BCUT2D eigenvalue weighted by Gasteiger charge is -2.27. The maximum atomic E-state index is 5.66. The number of pyridine rings is 1. The molecule has 144 valence electrons. The lowest BCUT2D eigenvalue weighted by atomic mass is 9.97. The normalized spacial score (nSPS) is 19.1. The maximum absolute atomic E-state index is 5.66. The highest BCUT2D eigenvalue weighted by atomic mass is 32.1. The molecule has 0 spiro atoms. The first kappa shape index (κ1) is 18.7. The Morgan fingerprint density at radius 3 is 2.46 bits per heavy atom. The van der Waals surface area contributed by atoms with Crippen LogP contribution in [-0.4, -0.2) is 26.1 Å². The van der Waals surface area contributed by atoms with Gasteiger partial charge in [-0.05, 0) is 75.8 Å². The van der Waals surface area contributed by atoms with E-state index in [1.807, 2.05) is 18.3 Å². The first-order chi connectivity index (χ1) is 13.5. The summed E-state index contributed by atoms with van der Waals surface area (Å²) in [5.74, 6) is 0. The Balaban J connectivity index is 1.82. The molecule has 0 radical (unpaired) electrons. The third-order valence-electron chi connectivity index (χ3n) is 5.62. The van der Waals surface area contributed by atoms with Gasteiger partial charge in [0.2, 0.25) is 0 Å². The summed E-state index contributed by atoms with van der Waals surface area (Å²) in [5.41, 5.74) is 7.25. The van der Waals surface area contributed by atoms with Crippen molar-refractivity contribution in [3.8, 4) is 5.69 Å². The zero-order valence-electron chi connectivity index (χ0n) is 16.8. The minimum atomic E-state index is 0.0422. The number of aromatic nitrogens is 2. The standard InChI is InChI=1S/C23H26N4S/c1-5-26-22(21(25-23(26)28)20-8-6-7-13-24-20)19-14-16(3)27(17(19)4)18-11-9-15(2)10-12-18/h6-14,21-22H,5H2,1-4H3,(H,25,28)/t21-,22-/m0/s1. The molecule has 28 heavy (non-hydrogen) atoms. The molecule has 4 nitrogen and oxygen atoms in total. The zero-order chi connectivity index (χ0) is 19.8. The van der Waals surface area contributed by atoms with Gasteiger partial charge in [0, 0.05) is 29.8 Å². The molecule has 2 atom stereocenters. The topological polar surface area (TPSA) is 33.1 Å². The first-order valence-corrected chi connectivity index (χ1v) is 10.2. The first-order valence-electron chi connectivity index (χ1n) is 9.75. The van der Waals surface area contributed by atoms with Crippen LogP contribution in [0.15, 0.2) is 54.7 Å². The molecule has 1 aromatic carbocycles. The molecule has 0 aliphatic carbocycles. The minimum Gasteiger partial charge on any atom is -0.352 e. The smallest absolute Gasteiger partial charge is 0.170 e. The van der Waals surface area contributed by atoms with Crippen LogP contribution < -0.4 is 5.32 Å². The van der Waals surface area contributed by atoms with E-state index in [4.69, 9.17) is 12.2 Å². The van der Waals surface area contributed by atoms with Crippen molar-refractivity contribution in [2.45, 2.75) is 39.8 Å². The molecule has 3 heterocycles. The Bertz CT molecular complexity index is 991. The van der Waals surface area contributed by atoms with Crippen LogP contribution >= 0.6 is 12.2 Å². The average molecular weight is 391 g/mol. The third-order valence-corrected chi connectivity index (χ3v) is 5.97. The predicted octanol–water partition coefficient (Wildman–Crippen LogP) is 4.79. The van der Waals surface area contributed by atoms with Crippen LogP contribution in [0, 0.1) is 20.8 Å². The fourth-order valence-corrected chi connectivity index (χ4v) is 4.63. The summed E-state index contributed by atoms with van der Waals surface area (Å²) < 4.78 is 2.33. The number of hydrogen-bond acceptors (Lipinski definition) is 2. The van der Waals surface area contributed by atoms with Gasteiger partial charge in [-0.1, -0.05) is 23.8 Å². The van der Waals surface area contributed by atoms with E-state index >= 15 is 0 Å². The lowest BCUT2D eigenvalue weighted by Crippen LogP contribution is -2.29. The fourth-order valence-electron chi connectivity index (χ4n) is 4.26. The lowest BCUT2D eigenvalue weighted by molar-refractivity contribution is 0.329. The van der Waals surface area contributed by atoms with E-state index in [1.165, 1.54) is 28.2 Å². The monoisotopic (exact) mass is 390 g/mol. The Labute approximate surface area is 172 Å². The molecule has 1 aliphatic rings. The van der Waals surface area contributed by atoms with Crippen molar-refractivity contribution in [3.05, 3.63) is 82.9 Å². The fraction of sp³-hybridized carbons (Fsp3) is 0.304. The Morgan fingerprint density at radius 1 is 1.07 bits per heavy atom. The van der Waals surface area contributed by atoms with Crippen LogP contribution in [0.25, 0.3) is 5.69 Å². The van der Waals surface area contributed by atoms with Crippen LogP contribution in [-0.2, 0) is 0 Å². The number of likely N-dealkylation sites (N-methyl/N-ethyl adjacent to an activating group) is 1. The van der Waals surface area contributed by atoms with E-state index in [2.05, 4.69) is 83.9 Å². The number of nitrogens with one attached hydrogen (secondary N) is 1. The molecule has 1 N–H and O–H groups in total. The summed E-state index contributed by atoms with van der Waals surface area (Å²) in [4.78, 5) is 6.88. The van der Waals surface area contributed by atoms with E-state index in [-0.39, 0.29) is 12.1 Å². The predicted molar refractivity (Wildman–Crippen MR) is 118 cm³/mol. The highest BCUT2D eigenvalue weighted by molar-refractivity contribution is 7.80. The molecule has 0 unspecified atom stereocenters. The number of nitrogens with zero attached hydrogens (tertiary/aromatic N) is 3. The van der Waals surface area contributed by atoms with Gasteiger partial charge in [0.25, 0.3) is 0 Å². The molecular formula is C23H26N4S. The van der Waals surface area contributed by atoms with Crippen molar-refractivity contribution in [1.29, 1.82) is 0 Å². The Kier molecular flexibility index (Phi) is 4.94. The molecule has 0 bridgehead atoms. The quantitative estimate of drug-likeness (QED) is 0.650. The molecule has 1 aliphatic heterocycles. The number of benzene rings is 1. The van der Waals surface area contributed by atoms with Crippen molar-refractivity contribution in [3.63, 3.8) is 0 Å². The summed E-state index contributed by atoms with van der Waals surface area (Å²) in [5, 5.41) is 4.30. The SMILES string of the molecule is CCN1C(=S)N[C@@H](c2ccccn2)[C@@H]1c1cc(C)n(-c2ccc(C)cc2)c1C. The third kappa shape index (κ3) is 3.10. The molecule has 4 rings (SSSR count). The highest BCUT2D eigenvalue weighted by Crippen LogP contribution is 2.41. The summed E-state index contributed by atoms with van der Waals surface area (Å²) in [6, 6.07) is 17.2. The van der Waals surface area contributed by atoms with Crippen LogP contribution in [0.4, 0.5) is 0 Å². The van der Waals surface area contributed by atoms with Crippen molar-refractivity contribution in [2.75, 3.05) is 6.54 Å². The molecule has 0 amide bonds. The molecule has 1 saturated heterocycles. The van der Waals surface area contributed by atoms with Crippen LogP contribution in [0.3, 0.4) is 0 Å². The second-order valence-corrected chi connectivity index (χ2v) is 7.80. The van der Waals surface area contributed by atoms with Gasteiger partial charge in [-0.3, -0.25) is 4.98 Å². The summed E-state index contributed by atoms with van der Waals surface area (Å²) in [6.45, 7) is 9.50. The summed E-state index contributed by atoms with van der Waals surface area (Å²) in [6.07, 6.45) is 1.85. The van der Waals surface area contributed by atoms with Gasteiger partial charge in [-0.2, -0.15) is 0 Å². The second-order valence-electron chi connectivity index (χ2n) is 7.41. The van der Waals surface area contributed by atoms with Gasteiger partial charge in [0.05, 0.1) is 17.8 Å². The van der Waals surface area contributed by atoms with E-state index in [0.717, 1.165) is 17.4 Å². The van der Waals surface area contributed by atoms with E-state index in [0.29, 0.717) is 0 Å². The number of thiocarbonyl (C=S) groups is 1. The van der Waals surface area contributed by atoms with E-state index in [9.17, 15) is 0 Å². The minimum absolute atomic E-state index is 0.0422. The second kappa shape index (κ2) is 7.40. The van der Waals surface area contributed by atoms with Crippen molar-refractivity contribution in [1.82, 2.24) is 19.8 Å². The van der Waals surface area contributed by atoms with Gasteiger partial charge in [0.1, 0.15) is 0 Å². The molecule has 3 aromatic rings. The van der Waals surface area contributed by atoms with Crippen LogP contribution in [0.2, 0.25) is 0 Å². The van der Waals surface area contributed by atoms with Gasteiger partial charge in [-0.15, -0.1) is 0 Å². The van der Waals surface area contributed by atoms with Crippen LogP contribution in [0.1, 0.15) is 47.2 Å². The van der Waals surface area contributed by atoms with Crippen molar-refractivity contribution < 1.29 is 0 Å². The number of rotatable bonds is 4. The Morgan fingerprint density at radius 2 is 1.82 bits per heavy atom. The van der Waals surface area contributed by atoms with E-state index in [1.54, 1.807) is 0 Å². The van der Waals surface area contributed by atoms with Gasteiger partial charge in [0.15, 0.2) is 5.11 Å². The zero-order valence-corrected chi connectivity index (χ0v) is 17.6. The number of hydrogen-bond donors (Lipinski definition) is 1. The van der Waals surface area contributed by atoms with E-state index < -0.39 is 0 Å². The average Bonchev–Trinajstić information content (AvgIpc) is 3.18. The van der Waals surface area contributed by atoms with Gasteiger partial charge in [-0.25, -0.2) is 0 Å². The molecule has 1 fully saturated rings. The van der Waals surface area contributed by atoms with Gasteiger partial charge < -0.3 is 14.8 Å². The molecule has 5 heteroatoms. The highest BCUT2D eigenvalue weighted by Gasteiger charge is 2.40. The molecule has 0 saturated carbocycles. The Hall–Kier alpha value is -2.66. The molecule has 2 aromatic heterocycles. The molecular weight excluding hydrogens is 364 g/mol. The van der Waals surface area contributed by atoms with Crippen molar-refractivity contribution in [2.24, 2.45) is 0 Å². The van der Waals surface area contributed by atoms with Crippen LogP contribution in [0.5, 0.6) is 0 Å². The van der Waals surface area contributed by atoms with Crippen molar-refractivity contribution >= 4 is 17.3 Å².